The highest BCUT2D eigenvalue weighted by Gasteiger charge is 2.44. The minimum atomic E-state index is -0.403. The standard InChI is InChI=1S/C15H18N2OS/c1-3-4-9-15(10-13(18)16-2)11-7-5-6-8-12(11)17-14(15)19/h3,5-8H,1,4,9-10H2,2H3,(H,16,18)(H,17,19). The lowest BCUT2D eigenvalue weighted by molar-refractivity contribution is -0.121. The fourth-order valence-corrected chi connectivity index (χ4v) is 2.99. The average molecular weight is 274 g/mol. The summed E-state index contributed by atoms with van der Waals surface area (Å²) in [5, 5.41) is 5.94. The summed E-state index contributed by atoms with van der Waals surface area (Å²) >= 11 is 5.51. The number of anilines is 1. The highest BCUT2D eigenvalue weighted by molar-refractivity contribution is 7.80. The Morgan fingerprint density at radius 3 is 2.95 bits per heavy atom. The van der Waals surface area contributed by atoms with E-state index in [9.17, 15) is 4.79 Å². The summed E-state index contributed by atoms with van der Waals surface area (Å²) in [5.41, 5.74) is 1.73. The Morgan fingerprint density at radius 1 is 1.53 bits per heavy atom. The third-order valence-electron chi connectivity index (χ3n) is 3.64. The van der Waals surface area contributed by atoms with E-state index in [-0.39, 0.29) is 5.91 Å². The van der Waals surface area contributed by atoms with E-state index in [1.165, 1.54) is 0 Å². The number of nitrogens with one attached hydrogen (secondary N) is 2. The Hall–Kier alpha value is -1.68. The van der Waals surface area contributed by atoms with Gasteiger partial charge in [0, 0.05) is 19.2 Å². The van der Waals surface area contributed by atoms with E-state index in [0.29, 0.717) is 6.42 Å². The van der Waals surface area contributed by atoms with Crippen molar-refractivity contribution >= 4 is 28.8 Å². The molecule has 1 atom stereocenters. The first-order valence-electron chi connectivity index (χ1n) is 6.36. The fraction of sp³-hybridized carbons (Fsp3) is 0.333. The van der Waals surface area contributed by atoms with Crippen LogP contribution < -0.4 is 10.6 Å². The maximum atomic E-state index is 11.9. The number of allylic oxidation sites excluding steroid dienone is 1. The van der Waals surface area contributed by atoms with Crippen LogP contribution >= 0.6 is 12.2 Å². The number of rotatable bonds is 5. The van der Waals surface area contributed by atoms with Crippen LogP contribution in [-0.4, -0.2) is 17.9 Å². The zero-order chi connectivity index (χ0) is 13.9. The van der Waals surface area contributed by atoms with E-state index in [0.717, 1.165) is 29.1 Å². The van der Waals surface area contributed by atoms with Crippen LogP contribution in [0.1, 0.15) is 24.8 Å². The van der Waals surface area contributed by atoms with E-state index >= 15 is 0 Å². The predicted octanol–water partition coefficient (Wildman–Crippen LogP) is 2.78. The molecule has 1 aromatic rings. The average Bonchev–Trinajstić information content (AvgIpc) is 2.69. The maximum Gasteiger partial charge on any atom is 0.221 e. The second-order valence-electron chi connectivity index (χ2n) is 4.76. The molecule has 19 heavy (non-hydrogen) atoms. The van der Waals surface area contributed by atoms with Crippen LogP contribution in [0.5, 0.6) is 0 Å². The van der Waals surface area contributed by atoms with Crippen LogP contribution in [0.15, 0.2) is 36.9 Å². The predicted molar refractivity (Wildman–Crippen MR) is 82.5 cm³/mol. The van der Waals surface area contributed by atoms with Crippen molar-refractivity contribution < 1.29 is 4.79 Å². The Kier molecular flexibility index (Phi) is 4.00. The van der Waals surface area contributed by atoms with Gasteiger partial charge in [0.2, 0.25) is 5.91 Å². The van der Waals surface area contributed by atoms with Gasteiger partial charge >= 0.3 is 0 Å². The molecule has 0 saturated heterocycles. The molecule has 3 nitrogen and oxygen atoms in total. The van der Waals surface area contributed by atoms with Gasteiger partial charge in [0.25, 0.3) is 0 Å². The quantitative estimate of drug-likeness (QED) is 0.641. The van der Waals surface area contributed by atoms with E-state index < -0.39 is 5.41 Å². The van der Waals surface area contributed by atoms with Crippen molar-refractivity contribution in [3.05, 3.63) is 42.5 Å². The lowest BCUT2D eigenvalue weighted by Crippen LogP contribution is -2.38. The molecule has 1 unspecified atom stereocenters. The first-order chi connectivity index (χ1) is 9.14. The number of para-hydroxylation sites is 1. The monoisotopic (exact) mass is 274 g/mol. The number of amides is 1. The molecule has 1 heterocycles. The summed E-state index contributed by atoms with van der Waals surface area (Å²) in [6.07, 6.45) is 3.87. The molecule has 2 N–H and O–H groups in total. The molecule has 1 aromatic carbocycles. The summed E-state index contributed by atoms with van der Waals surface area (Å²) in [6, 6.07) is 8.01. The summed E-state index contributed by atoms with van der Waals surface area (Å²) < 4.78 is 0. The first-order valence-corrected chi connectivity index (χ1v) is 6.77. The van der Waals surface area contributed by atoms with Gasteiger partial charge in [0.05, 0.1) is 10.4 Å². The normalized spacial score (nSPS) is 20.6. The van der Waals surface area contributed by atoms with Gasteiger partial charge < -0.3 is 10.6 Å². The van der Waals surface area contributed by atoms with E-state index in [1.54, 1.807) is 7.05 Å². The molecule has 1 amide bonds. The molecule has 1 aliphatic rings. The number of carbonyl (C=O) groups excluding carboxylic acids is 1. The Balaban J connectivity index is 2.44. The summed E-state index contributed by atoms with van der Waals surface area (Å²) in [6.45, 7) is 3.77. The molecule has 0 spiro atoms. The van der Waals surface area contributed by atoms with Crippen LogP contribution in [-0.2, 0) is 10.2 Å². The molecule has 0 radical (unpaired) electrons. The second kappa shape index (κ2) is 5.53. The number of hydrogen-bond acceptors (Lipinski definition) is 2. The largest absolute Gasteiger partial charge is 0.359 e. The van der Waals surface area contributed by atoms with E-state index in [1.807, 2.05) is 30.3 Å². The molecule has 2 rings (SSSR count). The van der Waals surface area contributed by atoms with Crippen molar-refractivity contribution in [2.75, 3.05) is 12.4 Å². The molecular weight excluding hydrogens is 256 g/mol. The highest BCUT2D eigenvalue weighted by Crippen LogP contribution is 2.44. The Labute approximate surface area is 119 Å². The number of carbonyl (C=O) groups is 1. The Morgan fingerprint density at radius 2 is 2.26 bits per heavy atom. The van der Waals surface area contributed by atoms with Gasteiger partial charge in [-0.25, -0.2) is 0 Å². The van der Waals surface area contributed by atoms with Crippen molar-refractivity contribution in [3.8, 4) is 0 Å². The molecule has 0 aliphatic carbocycles. The SMILES string of the molecule is C=CCCC1(CC(=O)NC)C(=S)Nc2ccccc21. The van der Waals surface area contributed by atoms with Crippen molar-refractivity contribution in [1.82, 2.24) is 5.32 Å². The lowest BCUT2D eigenvalue weighted by atomic mass is 9.75. The first kappa shape index (κ1) is 13.7. The third-order valence-corrected chi connectivity index (χ3v) is 4.13. The molecule has 1 aliphatic heterocycles. The van der Waals surface area contributed by atoms with Crippen LogP contribution in [0, 0.1) is 0 Å². The van der Waals surface area contributed by atoms with Crippen molar-refractivity contribution in [1.29, 1.82) is 0 Å². The third kappa shape index (κ3) is 2.40. The number of benzene rings is 1. The lowest BCUT2D eigenvalue weighted by Gasteiger charge is -2.28. The maximum absolute atomic E-state index is 11.9. The number of hydrogen-bond donors (Lipinski definition) is 2. The summed E-state index contributed by atoms with van der Waals surface area (Å²) in [7, 11) is 1.65. The van der Waals surface area contributed by atoms with E-state index in [4.69, 9.17) is 12.2 Å². The highest BCUT2D eigenvalue weighted by atomic mass is 32.1. The summed E-state index contributed by atoms with van der Waals surface area (Å²) in [5.74, 6) is 0.00455. The van der Waals surface area contributed by atoms with Gasteiger partial charge in [0.15, 0.2) is 0 Å². The molecular formula is C15H18N2OS. The minimum absolute atomic E-state index is 0.00455. The zero-order valence-electron chi connectivity index (χ0n) is 11.0. The topological polar surface area (TPSA) is 41.1 Å². The van der Waals surface area contributed by atoms with Crippen LogP contribution in [0.3, 0.4) is 0 Å². The molecule has 0 aromatic heterocycles. The molecule has 100 valence electrons. The minimum Gasteiger partial charge on any atom is -0.359 e. The van der Waals surface area contributed by atoms with Crippen LogP contribution in [0.2, 0.25) is 0 Å². The van der Waals surface area contributed by atoms with Gasteiger partial charge in [-0.3, -0.25) is 4.79 Å². The molecule has 4 heteroatoms. The number of fused-ring (bicyclic) bond motifs is 1. The molecule has 0 fully saturated rings. The molecule has 0 saturated carbocycles. The van der Waals surface area contributed by atoms with Crippen molar-refractivity contribution in [3.63, 3.8) is 0 Å². The van der Waals surface area contributed by atoms with Gasteiger partial charge in [-0.15, -0.1) is 6.58 Å². The van der Waals surface area contributed by atoms with Gasteiger partial charge in [-0.05, 0) is 24.5 Å². The molecule has 0 bridgehead atoms. The van der Waals surface area contributed by atoms with Crippen molar-refractivity contribution in [2.45, 2.75) is 24.7 Å². The smallest absolute Gasteiger partial charge is 0.221 e. The zero-order valence-corrected chi connectivity index (χ0v) is 11.8. The summed E-state index contributed by atoms with van der Waals surface area (Å²) in [4.78, 5) is 12.6. The van der Waals surface area contributed by atoms with Gasteiger partial charge in [-0.1, -0.05) is 36.5 Å². The van der Waals surface area contributed by atoms with Crippen molar-refractivity contribution in [2.24, 2.45) is 0 Å². The second-order valence-corrected chi connectivity index (χ2v) is 5.17. The van der Waals surface area contributed by atoms with Crippen LogP contribution in [0.4, 0.5) is 5.69 Å². The number of thiocarbonyl (C=S) groups is 1. The van der Waals surface area contributed by atoms with Crippen LogP contribution in [0.25, 0.3) is 0 Å². The Bertz CT molecular complexity index is 527. The fourth-order valence-electron chi connectivity index (χ4n) is 2.60. The van der Waals surface area contributed by atoms with Gasteiger partial charge in [0.1, 0.15) is 0 Å². The van der Waals surface area contributed by atoms with Gasteiger partial charge in [-0.2, -0.15) is 0 Å². The van der Waals surface area contributed by atoms with E-state index in [2.05, 4.69) is 17.2 Å².